The summed E-state index contributed by atoms with van der Waals surface area (Å²) in [5.74, 6) is -1.03. The number of pyridine rings is 1. The van der Waals surface area contributed by atoms with Gasteiger partial charge in [-0.3, -0.25) is 14.6 Å². The Bertz CT molecular complexity index is 910. The molecule has 7 nitrogen and oxygen atoms in total. The van der Waals surface area contributed by atoms with Crippen LogP contribution in [0.25, 0.3) is 5.76 Å². The number of ketones is 1. The summed E-state index contributed by atoms with van der Waals surface area (Å²) in [5, 5.41) is 11.0. The van der Waals surface area contributed by atoms with E-state index in [2.05, 4.69) is 4.98 Å². The highest BCUT2D eigenvalue weighted by Gasteiger charge is 2.45. The van der Waals surface area contributed by atoms with Gasteiger partial charge in [-0.2, -0.15) is 0 Å². The lowest BCUT2D eigenvalue weighted by molar-refractivity contribution is -0.140. The predicted molar refractivity (Wildman–Crippen MR) is 107 cm³/mol. The van der Waals surface area contributed by atoms with Crippen molar-refractivity contribution in [1.29, 1.82) is 0 Å². The highest BCUT2D eigenvalue weighted by atomic mass is 16.5. The Morgan fingerprint density at radius 3 is 2.62 bits per heavy atom. The fourth-order valence-electron chi connectivity index (χ4n) is 3.30. The summed E-state index contributed by atoms with van der Waals surface area (Å²) in [6.45, 7) is 3.04. The minimum absolute atomic E-state index is 0.0462. The van der Waals surface area contributed by atoms with Gasteiger partial charge in [-0.15, -0.1) is 0 Å². The zero-order valence-corrected chi connectivity index (χ0v) is 16.5. The minimum atomic E-state index is -0.722. The van der Waals surface area contributed by atoms with E-state index < -0.39 is 17.7 Å². The Hall–Kier alpha value is -3.19. The molecule has 1 unspecified atom stereocenters. The van der Waals surface area contributed by atoms with E-state index in [0.29, 0.717) is 23.5 Å². The fraction of sp³-hybridized carbons (Fsp3) is 0.318. The molecule has 1 amide bonds. The van der Waals surface area contributed by atoms with Crippen LogP contribution in [0.2, 0.25) is 0 Å². The molecule has 0 aliphatic carbocycles. The minimum Gasteiger partial charge on any atom is -0.507 e. The standard InChI is InChI=1S/C22H24N2O5/c1-3-12-29-17-6-4-5-16(14-17)20(25)18-19(15-7-9-23-10-8-15)24(11-13-28-2)22(27)21(18)26/h4-10,14,19,25H,3,11-13H2,1-2H3/b20-18-. The van der Waals surface area contributed by atoms with E-state index in [1.54, 1.807) is 48.8 Å². The summed E-state index contributed by atoms with van der Waals surface area (Å²) in [6, 6.07) is 9.60. The summed E-state index contributed by atoms with van der Waals surface area (Å²) >= 11 is 0. The number of likely N-dealkylation sites (tertiary alicyclic amines) is 1. The number of carbonyl (C=O) groups excluding carboxylic acids is 2. The fourth-order valence-corrected chi connectivity index (χ4v) is 3.30. The second kappa shape index (κ2) is 9.34. The van der Waals surface area contributed by atoms with Gasteiger partial charge in [-0.05, 0) is 36.2 Å². The number of Topliss-reactive ketones (excluding diaryl/α,β-unsaturated/α-hetero) is 1. The number of benzene rings is 1. The van der Waals surface area contributed by atoms with Crippen molar-refractivity contribution < 1.29 is 24.2 Å². The molecule has 0 spiro atoms. The molecule has 2 heterocycles. The molecule has 1 N–H and O–H groups in total. The molecule has 1 aliphatic heterocycles. The van der Waals surface area contributed by atoms with Gasteiger partial charge in [0.25, 0.3) is 11.7 Å². The van der Waals surface area contributed by atoms with Crippen molar-refractivity contribution >= 4 is 17.4 Å². The van der Waals surface area contributed by atoms with Crippen LogP contribution < -0.4 is 4.74 Å². The van der Waals surface area contributed by atoms with Gasteiger partial charge in [0, 0.05) is 31.6 Å². The van der Waals surface area contributed by atoms with Crippen LogP contribution in [0.4, 0.5) is 0 Å². The highest BCUT2D eigenvalue weighted by molar-refractivity contribution is 6.46. The van der Waals surface area contributed by atoms with E-state index in [-0.39, 0.29) is 24.5 Å². The first-order valence-corrected chi connectivity index (χ1v) is 9.49. The maximum absolute atomic E-state index is 12.8. The molecule has 1 saturated heterocycles. The van der Waals surface area contributed by atoms with E-state index in [1.165, 1.54) is 12.0 Å². The molecule has 1 fully saturated rings. The van der Waals surface area contributed by atoms with Crippen molar-refractivity contribution in [2.75, 3.05) is 26.9 Å². The highest BCUT2D eigenvalue weighted by Crippen LogP contribution is 2.39. The quantitative estimate of drug-likeness (QED) is 0.419. The third-order valence-electron chi connectivity index (χ3n) is 4.68. The zero-order chi connectivity index (χ0) is 20.8. The number of methoxy groups -OCH3 is 1. The normalized spacial score (nSPS) is 18.3. The molecule has 2 aromatic rings. The van der Waals surface area contributed by atoms with Crippen LogP contribution in [-0.4, -0.2) is 53.5 Å². The molecule has 7 heteroatoms. The Morgan fingerprint density at radius 2 is 1.93 bits per heavy atom. The Kier molecular flexibility index (Phi) is 6.61. The van der Waals surface area contributed by atoms with E-state index in [0.717, 1.165) is 6.42 Å². The van der Waals surface area contributed by atoms with Crippen LogP contribution >= 0.6 is 0 Å². The molecule has 152 valence electrons. The van der Waals surface area contributed by atoms with Crippen LogP contribution in [0.15, 0.2) is 54.4 Å². The smallest absolute Gasteiger partial charge is 0.295 e. The average Bonchev–Trinajstić information content (AvgIpc) is 3.01. The monoisotopic (exact) mass is 396 g/mol. The second-order valence-electron chi connectivity index (χ2n) is 6.64. The molecule has 1 aromatic carbocycles. The summed E-state index contributed by atoms with van der Waals surface area (Å²) < 4.78 is 10.7. The maximum atomic E-state index is 12.8. The number of hydrogen-bond acceptors (Lipinski definition) is 6. The van der Waals surface area contributed by atoms with Gasteiger partial charge in [0.2, 0.25) is 0 Å². The number of nitrogens with zero attached hydrogens (tertiary/aromatic N) is 2. The van der Waals surface area contributed by atoms with Crippen molar-refractivity contribution in [3.05, 3.63) is 65.5 Å². The number of rotatable bonds is 8. The van der Waals surface area contributed by atoms with Crippen LogP contribution in [0.3, 0.4) is 0 Å². The van der Waals surface area contributed by atoms with Crippen LogP contribution in [0.1, 0.15) is 30.5 Å². The molecule has 0 bridgehead atoms. The van der Waals surface area contributed by atoms with E-state index in [9.17, 15) is 14.7 Å². The zero-order valence-electron chi connectivity index (χ0n) is 16.5. The summed E-state index contributed by atoms with van der Waals surface area (Å²) in [6.07, 6.45) is 4.03. The number of amides is 1. The SMILES string of the molecule is CCCOc1cccc(/C(O)=C2/C(=O)C(=O)N(CCOC)C2c2ccncc2)c1. The topological polar surface area (TPSA) is 89.0 Å². The summed E-state index contributed by atoms with van der Waals surface area (Å²) in [7, 11) is 1.53. The predicted octanol–water partition coefficient (Wildman–Crippen LogP) is 2.94. The Balaban J connectivity index is 2.08. The van der Waals surface area contributed by atoms with Gasteiger partial charge >= 0.3 is 0 Å². The second-order valence-corrected chi connectivity index (χ2v) is 6.64. The first-order valence-electron chi connectivity index (χ1n) is 9.49. The van der Waals surface area contributed by atoms with Crippen LogP contribution in [-0.2, 0) is 14.3 Å². The lowest BCUT2D eigenvalue weighted by Crippen LogP contribution is -2.32. The molecule has 1 atom stereocenters. The number of hydrogen-bond donors (Lipinski definition) is 1. The van der Waals surface area contributed by atoms with Gasteiger partial charge < -0.3 is 19.5 Å². The number of ether oxygens (including phenoxy) is 2. The first kappa shape index (κ1) is 20.5. The Labute approximate surface area is 169 Å². The van der Waals surface area contributed by atoms with Crippen molar-refractivity contribution in [2.45, 2.75) is 19.4 Å². The molecule has 0 saturated carbocycles. The van der Waals surface area contributed by atoms with Gasteiger partial charge in [0.15, 0.2) is 0 Å². The lowest BCUT2D eigenvalue weighted by atomic mass is 9.96. The van der Waals surface area contributed by atoms with Gasteiger partial charge in [0.05, 0.1) is 24.8 Å². The maximum Gasteiger partial charge on any atom is 0.295 e. The number of aliphatic hydroxyl groups excluding tert-OH is 1. The summed E-state index contributed by atoms with van der Waals surface area (Å²) in [5.41, 5.74) is 1.16. The van der Waals surface area contributed by atoms with Crippen molar-refractivity contribution in [3.8, 4) is 5.75 Å². The van der Waals surface area contributed by atoms with E-state index in [1.807, 2.05) is 6.92 Å². The lowest BCUT2D eigenvalue weighted by Gasteiger charge is -2.24. The third-order valence-corrected chi connectivity index (χ3v) is 4.68. The van der Waals surface area contributed by atoms with Crippen molar-refractivity contribution in [1.82, 2.24) is 9.88 Å². The Morgan fingerprint density at radius 1 is 1.17 bits per heavy atom. The van der Waals surface area contributed by atoms with Crippen LogP contribution in [0.5, 0.6) is 5.75 Å². The molecule has 1 aromatic heterocycles. The van der Waals surface area contributed by atoms with Crippen molar-refractivity contribution in [2.24, 2.45) is 0 Å². The van der Waals surface area contributed by atoms with Gasteiger partial charge in [-0.25, -0.2) is 0 Å². The number of carbonyl (C=O) groups is 2. The average molecular weight is 396 g/mol. The summed E-state index contributed by atoms with van der Waals surface area (Å²) in [4.78, 5) is 30.9. The number of aliphatic hydroxyl groups is 1. The molecule has 0 radical (unpaired) electrons. The van der Waals surface area contributed by atoms with E-state index >= 15 is 0 Å². The van der Waals surface area contributed by atoms with Crippen LogP contribution in [0, 0.1) is 0 Å². The molecular formula is C22H24N2O5. The van der Waals surface area contributed by atoms with Gasteiger partial charge in [-0.1, -0.05) is 19.1 Å². The largest absolute Gasteiger partial charge is 0.507 e. The molecule has 1 aliphatic rings. The van der Waals surface area contributed by atoms with Gasteiger partial charge in [0.1, 0.15) is 11.5 Å². The van der Waals surface area contributed by atoms with E-state index in [4.69, 9.17) is 9.47 Å². The molecule has 29 heavy (non-hydrogen) atoms. The third kappa shape index (κ3) is 4.30. The van der Waals surface area contributed by atoms with Crippen molar-refractivity contribution in [3.63, 3.8) is 0 Å². The first-order chi connectivity index (χ1) is 14.1. The molecule has 3 rings (SSSR count). The number of aromatic nitrogens is 1. The molecular weight excluding hydrogens is 372 g/mol.